The van der Waals surface area contributed by atoms with Crippen LogP contribution in [0.15, 0.2) is 42.5 Å². The summed E-state index contributed by atoms with van der Waals surface area (Å²) in [6.07, 6.45) is 4.09. The topological polar surface area (TPSA) is 84.0 Å². The van der Waals surface area contributed by atoms with E-state index >= 15 is 0 Å². The summed E-state index contributed by atoms with van der Waals surface area (Å²) in [6.45, 7) is 6.51. The van der Waals surface area contributed by atoms with Crippen molar-refractivity contribution in [2.75, 3.05) is 16.3 Å². The number of rotatable bonds is 6. The molecule has 7 heteroatoms. The van der Waals surface area contributed by atoms with Gasteiger partial charge in [0.25, 0.3) is 0 Å². The lowest BCUT2D eigenvalue weighted by Crippen LogP contribution is -2.31. The van der Waals surface area contributed by atoms with Crippen LogP contribution in [-0.2, 0) is 32.0 Å². The monoisotopic (exact) mass is 502 g/mol. The largest absolute Gasteiger partial charge is 0.426 e. The van der Waals surface area contributed by atoms with Crippen molar-refractivity contribution < 1.29 is 23.9 Å². The molecular weight excluding hydrogens is 468 g/mol. The lowest BCUT2D eigenvalue weighted by molar-refractivity contribution is -0.139. The lowest BCUT2D eigenvalue weighted by atomic mass is 9.76. The van der Waals surface area contributed by atoms with Gasteiger partial charge < -0.3 is 9.64 Å². The highest BCUT2D eigenvalue weighted by atomic mass is 16.5. The number of benzene rings is 2. The van der Waals surface area contributed by atoms with E-state index in [2.05, 4.69) is 20.8 Å². The first kappa shape index (κ1) is 25.2. The maximum atomic E-state index is 13.1. The number of aryl methyl sites for hydroxylation is 2. The summed E-state index contributed by atoms with van der Waals surface area (Å²) in [4.78, 5) is 55.2. The number of hydrogen-bond donors (Lipinski definition) is 0. The van der Waals surface area contributed by atoms with Gasteiger partial charge in [0, 0.05) is 24.7 Å². The molecule has 1 aliphatic carbocycles. The van der Waals surface area contributed by atoms with E-state index in [1.807, 2.05) is 18.2 Å². The van der Waals surface area contributed by atoms with Crippen LogP contribution in [0.1, 0.15) is 57.6 Å². The molecule has 4 atom stereocenters. The number of esters is 1. The Labute approximate surface area is 217 Å². The zero-order valence-electron chi connectivity index (χ0n) is 21.7. The molecule has 2 aliphatic heterocycles. The molecular formula is C30H34N2O5. The number of ether oxygens (including phenoxy) is 1. The number of anilines is 2. The van der Waals surface area contributed by atoms with Crippen molar-refractivity contribution in [2.24, 2.45) is 23.7 Å². The average molecular weight is 503 g/mol. The van der Waals surface area contributed by atoms with E-state index in [1.54, 1.807) is 29.2 Å². The van der Waals surface area contributed by atoms with Gasteiger partial charge in [0.2, 0.25) is 17.7 Å². The van der Waals surface area contributed by atoms with E-state index in [-0.39, 0.29) is 48.3 Å². The number of carbonyl (C=O) groups is 4. The molecule has 0 unspecified atom stereocenters. The number of carbonyl (C=O) groups excluding carboxylic acids is 4. The van der Waals surface area contributed by atoms with Crippen LogP contribution < -0.4 is 14.5 Å². The van der Waals surface area contributed by atoms with E-state index in [0.29, 0.717) is 11.6 Å². The van der Waals surface area contributed by atoms with Gasteiger partial charge >= 0.3 is 5.97 Å². The average Bonchev–Trinajstić information content (AvgIpc) is 3.40. The van der Waals surface area contributed by atoms with Gasteiger partial charge in [0.1, 0.15) is 5.75 Å². The molecule has 7 nitrogen and oxygen atoms in total. The highest BCUT2D eigenvalue weighted by Gasteiger charge is 2.50. The van der Waals surface area contributed by atoms with Crippen molar-refractivity contribution in [1.29, 1.82) is 0 Å². The summed E-state index contributed by atoms with van der Waals surface area (Å²) in [5.41, 5.74) is 3.52. The minimum Gasteiger partial charge on any atom is -0.426 e. The molecule has 1 saturated carbocycles. The molecule has 2 heterocycles. The summed E-state index contributed by atoms with van der Waals surface area (Å²) >= 11 is 0. The van der Waals surface area contributed by atoms with Crippen molar-refractivity contribution in [3.8, 4) is 5.75 Å². The molecule has 0 spiro atoms. The molecule has 2 saturated heterocycles. The van der Waals surface area contributed by atoms with Gasteiger partial charge in [-0.25, -0.2) is 4.90 Å². The Morgan fingerprint density at radius 2 is 1.62 bits per heavy atom. The molecule has 0 radical (unpaired) electrons. The second-order valence-electron chi connectivity index (χ2n) is 10.6. The third kappa shape index (κ3) is 4.56. The Morgan fingerprint density at radius 1 is 0.946 bits per heavy atom. The smallest absolute Gasteiger partial charge is 0.316 e. The number of amides is 3. The molecule has 2 aromatic rings. The van der Waals surface area contributed by atoms with Crippen LogP contribution in [0.5, 0.6) is 5.75 Å². The zero-order chi connectivity index (χ0) is 26.3. The van der Waals surface area contributed by atoms with Crippen molar-refractivity contribution >= 4 is 35.1 Å². The Hall–Kier alpha value is -3.48. The van der Waals surface area contributed by atoms with Crippen molar-refractivity contribution in [3.05, 3.63) is 53.6 Å². The highest BCUT2D eigenvalue weighted by molar-refractivity contribution is 6.22. The van der Waals surface area contributed by atoms with Crippen LogP contribution in [0, 0.1) is 23.7 Å². The van der Waals surface area contributed by atoms with Crippen molar-refractivity contribution in [3.63, 3.8) is 0 Å². The highest BCUT2D eigenvalue weighted by Crippen LogP contribution is 2.42. The van der Waals surface area contributed by atoms with E-state index in [0.717, 1.165) is 48.9 Å². The fourth-order valence-corrected chi connectivity index (χ4v) is 6.17. The summed E-state index contributed by atoms with van der Waals surface area (Å²) in [6, 6.07) is 12.6. The molecule has 3 fully saturated rings. The third-order valence-electron chi connectivity index (χ3n) is 8.18. The first-order valence-electron chi connectivity index (χ1n) is 13.4. The Kier molecular flexibility index (Phi) is 6.88. The molecule has 3 amide bonds. The molecule has 2 aromatic carbocycles. The van der Waals surface area contributed by atoms with Gasteiger partial charge in [0.15, 0.2) is 0 Å². The lowest BCUT2D eigenvalue weighted by Gasteiger charge is -2.25. The fourth-order valence-electron chi connectivity index (χ4n) is 6.17. The molecule has 3 aliphatic rings. The third-order valence-corrected chi connectivity index (χ3v) is 8.18. The van der Waals surface area contributed by atoms with E-state index in [4.69, 9.17) is 4.74 Å². The SMILES string of the molecule is CCc1cccc(CC)c1N1C[C@H](C(=O)Oc2cccc(N3C(=O)[C@H]4C[C@@H](C)CC[C@H]4C3=O)c2)CC1=O. The quantitative estimate of drug-likeness (QED) is 0.325. The van der Waals surface area contributed by atoms with Crippen molar-refractivity contribution in [2.45, 2.75) is 59.3 Å². The summed E-state index contributed by atoms with van der Waals surface area (Å²) in [7, 11) is 0. The van der Waals surface area contributed by atoms with Gasteiger partial charge in [-0.2, -0.15) is 0 Å². The van der Waals surface area contributed by atoms with Crippen LogP contribution >= 0.6 is 0 Å². The molecule has 5 rings (SSSR count). The fraction of sp³-hybridized carbons (Fsp3) is 0.467. The van der Waals surface area contributed by atoms with E-state index < -0.39 is 11.9 Å². The molecule has 194 valence electrons. The van der Waals surface area contributed by atoms with Gasteiger partial charge in [-0.15, -0.1) is 0 Å². The Bertz CT molecular complexity index is 1230. The standard InChI is InChI=1S/C30H34N2O5/c1-4-19-8-6-9-20(5-2)27(19)31-17-21(15-26(31)33)30(36)37-23-11-7-10-22(16-23)32-28(34)24-13-12-18(3)14-25(24)29(32)35/h6-11,16,18,21,24-25H,4-5,12-15,17H2,1-3H3/t18-,21+,24+,25-/m0/s1. The van der Waals surface area contributed by atoms with Crippen LogP contribution in [-0.4, -0.2) is 30.2 Å². The molecule has 37 heavy (non-hydrogen) atoms. The predicted octanol–water partition coefficient (Wildman–Crippen LogP) is 4.70. The van der Waals surface area contributed by atoms with Crippen LogP contribution in [0.3, 0.4) is 0 Å². The number of nitrogens with zero attached hydrogens (tertiary/aromatic N) is 2. The molecule has 0 aromatic heterocycles. The van der Waals surface area contributed by atoms with Gasteiger partial charge in [-0.05, 0) is 61.3 Å². The van der Waals surface area contributed by atoms with Crippen LogP contribution in [0.4, 0.5) is 11.4 Å². The summed E-state index contributed by atoms with van der Waals surface area (Å²) in [5, 5.41) is 0. The molecule has 0 N–H and O–H groups in total. The Balaban J connectivity index is 1.31. The first-order chi connectivity index (χ1) is 17.8. The number of fused-ring (bicyclic) bond motifs is 1. The zero-order valence-corrected chi connectivity index (χ0v) is 21.7. The number of imide groups is 1. The molecule has 0 bridgehead atoms. The van der Waals surface area contributed by atoms with E-state index in [1.165, 1.54) is 4.90 Å². The van der Waals surface area contributed by atoms with Crippen LogP contribution in [0.25, 0.3) is 0 Å². The minimum absolute atomic E-state index is 0.0867. The maximum absolute atomic E-state index is 13.1. The second kappa shape index (κ2) is 10.1. The van der Waals surface area contributed by atoms with Gasteiger partial charge in [-0.1, -0.05) is 45.0 Å². The number of hydrogen-bond acceptors (Lipinski definition) is 5. The summed E-state index contributed by atoms with van der Waals surface area (Å²) in [5.74, 6) is -1.33. The van der Waals surface area contributed by atoms with Crippen LogP contribution in [0.2, 0.25) is 0 Å². The second-order valence-corrected chi connectivity index (χ2v) is 10.6. The Morgan fingerprint density at radius 3 is 2.32 bits per heavy atom. The summed E-state index contributed by atoms with van der Waals surface area (Å²) < 4.78 is 5.68. The predicted molar refractivity (Wildman–Crippen MR) is 140 cm³/mol. The first-order valence-corrected chi connectivity index (χ1v) is 13.4. The van der Waals surface area contributed by atoms with E-state index in [9.17, 15) is 19.2 Å². The maximum Gasteiger partial charge on any atom is 0.316 e. The normalized spacial score (nSPS) is 25.5. The van der Waals surface area contributed by atoms with Gasteiger partial charge in [-0.3, -0.25) is 19.2 Å². The number of para-hydroxylation sites is 1. The van der Waals surface area contributed by atoms with Gasteiger partial charge in [0.05, 0.1) is 23.4 Å². The minimum atomic E-state index is -0.592. The van der Waals surface area contributed by atoms with Crippen molar-refractivity contribution in [1.82, 2.24) is 0 Å².